The van der Waals surface area contributed by atoms with Gasteiger partial charge in [-0.3, -0.25) is 9.36 Å². The molecule has 1 aliphatic heterocycles. The Kier molecular flexibility index (Phi) is 5.76. The summed E-state index contributed by atoms with van der Waals surface area (Å²) in [7, 11) is 0. The van der Waals surface area contributed by atoms with E-state index >= 15 is 0 Å². The molecule has 0 N–H and O–H groups in total. The van der Waals surface area contributed by atoms with Crippen molar-refractivity contribution in [1.29, 1.82) is 0 Å². The molecule has 1 saturated heterocycles. The SMILES string of the molecule is O=c1c2ccccc2nc(SCc2nnc(-c3ccc(Cl)cc3)o2)n1CC1CCCO1. The van der Waals surface area contributed by atoms with Crippen molar-refractivity contribution in [3.8, 4) is 11.5 Å². The monoisotopic (exact) mass is 454 g/mol. The summed E-state index contributed by atoms with van der Waals surface area (Å²) in [6, 6.07) is 14.6. The molecule has 31 heavy (non-hydrogen) atoms. The Bertz CT molecular complexity index is 1270. The predicted molar refractivity (Wildman–Crippen MR) is 119 cm³/mol. The van der Waals surface area contributed by atoms with Crippen molar-refractivity contribution in [3.63, 3.8) is 0 Å². The largest absolute Gasteiger partial charge is 0.420 e. The molecular weight excluding hydrogens is 436 g/mol. The molecule has 2 aromatic heterocycles. The second-order valence-corrected chi connectivity index (χ2v) is 8.64. The van der Waals surface area contributed by atoms with E-state index in [1.807, 2.05) is 36.4 Å². The fourth-order valence-corrected chi connectivity index (χ4v) is 4.53. The normalized spacial score (nSPS) is 16.2. The highest BCUT2D eigenvalue weighted by Crippen LogP contribution is 2.26. The number of rotatable bonds is 6. The van der Waals surface area contributed by atoms with Crippen LogP contribution < -0.4 is 5.56 Å². The van der Waals surface area contributed by atoms with E-state index < -0.39 is 0 Å². The van der Waals surface area contributed by atoms with Gasteiger partial charge in [0.1, 0.15) is 0 Å². The topological polar surface area (TPSA) is 83.0 Å². The smallest absolute Gasteiger partial charge is 0.262 e. The zero-order valence-corrected chi connectivity index (χ0v) is 18.1. The Labute approximate surface area is 187 Å². The lowest BCUT2D eigenvalue weighted by atomic mass is 10.2. The molecule has 2 aromatic carbocycles. The van der Waals surface area contributed by atoms with Gasteiger partial charge in [-0.15, -0.1) is 10.2 Å². The quantitative estimate of drug-likeness (QED) is 0.311. The number of aromatic nitrogens is 4. The summed E-state index contributed by atoms with van der Waals surface area (Å²) in [6.07, 6.45) is 1.98. The average Bonchev–Trinajstić information content (AvgIpc) is 3.47. The lowest BCUT2D eigenvalue weighted by Crippen LogP contribution is -2.28. The summed E-state index contributed by atoms with van der Waals surface area (Å²) < 4.78 is 13.3. The minimum Gasteiger partial charge on any atom is -0.420 e. The molecule has 158 valence electrons. The molecule has 9 heteroatoms. The molecular formula is C22H19ClN4O3S. The molecule has 1 unspecified atom stereocenters. The van der Waals surface area contributed by atoms with Crippen LogP contribution in [0.25, 0.3) is 22.4 Å². The number of thioether (sulfide) groups is 1. The Morgan fingerprint density at radius 1 is 1.13 bits per heavy atom. The maximum atomic E-state index is 13.2. The van der Waals surface area contributed by atoms with E-state index in [0.717, 1.165) is 25.0 Å². The van der Waals surface area contributed by atoms with E-state index in [1.54, 1.807) is 16.7 Å². The van der Waals surface area contributed by atoms with Crippen molar-refractivity contribution in [2.24, 2.45) is 0 Å². The van der Waals surface area contributed by atoms with Crippen molar-refractivity contribution in [2.75, 3.05) is 6.61 Å². The third-order valence-electron chi connectivity index (χ3n) is 5.12. The molecule has 4 aromatic rings. The lowest BCUT2D eigenvalue weighted by molar-refractivity contribution is 0.0937. The number of halogens is 1. The number of fused-ring (bicyclic) bond motifs is 1. The first kappa shape index (κ1) is 20.2. The second kappa shape index (κ2) is 8.82. The van der Waals surface area contributed by atoms with Crippen molar-refractivity contribution >= 4 is 34.3 Å². The number of hydrogen-bond donors (Lipinski definition) is 0. The van der Waals surface area contributed by atoms with Crippen LogP contribution in [-0.2, 0) is 17.0 Å². The van der Waals surface area contributed by atoms with Crippen molar-refractivity contribution in [1.82, 2.24) is 19.7 Å². The summed E-state index contributed by atoms with van der Waals surface area (Å²) in [6.45, 7) is 1.22. The summed E-state index contributed by atoms with van der Waals surface area (Å²) in [5.74, 6) is 1.29. The van der Waals surface area contributed by atoms with Gasteiger partial charge < -0.3 is 9.15 Å². The standard InChI is InChI=1S/C22H19ClN4O3S/c23-15-9-7-14(8-10-15)20-26-25-19(30-20)13-31-22-24-18-6-2-1-5-17(18)21(28)27(22)12-16-4-3-11-29-16/h1-2,5-10,16H,3-4,11-13H2. The first-order valence-corrected chi connectivity index (χ1v) is 11.4. The zero-order valence-electron chi connectivity index (χ0n) is 16.5. The summed E-state index contributed by atoms with van der Waals surface area (Å²) >= 11 is 7.34. The first-order chi connectivity index (χ1) is 15.2. The molecule has 0 radical (unpaired) electrons. The second-order valence-electron chi connectivity index (χ2n) is 7.26. The minimum atomic E-state index is -0.0593. The number of hydrogen-bond acceptors (Lipinski definition) is 7. The fraction of sp³-hybridized carbons (Fsp3) is 0.273. The van der Waals surface area contributed by atoms with Gasteiger partial charge in [0.05, 0.1) is 29.3 Å². The predicted octanol–water partition coefficient (Wildman–Crippen LogP) is 4.57. The summed E-state index contributed by atoms with van der Waals surface area (Å²) in [4.78, 5) is 17.9. The maximum Gasteiger partial charge on any atom is 0.262 e. The zero-order chi connectivity index (χ0) is 21.2. The maximum absolute atomic E-state index is 13.2. The van der Waals surface area contributed by atoms with E-state index in [4.69, 9.17) is 25.7 Å². The van der Waals surface area contributed by atoms with Crippen LogP contribution in [0, 0.1) is 0 Å². The summed E-state index contributed by atoms with van der Waals surface area (Å²) in [5, 5.41) is 10.1. The van der Waals surface area contributed by atoms with Gasteiger partial charge in [0.2, 0.25) is 11.8 Å². The third-order valence-corrected chi connectivity index (χ3v) is 6.33. The highest BCUT2D eigenvalue weighted by atomic mass is 35.5. The number of para-hydroxylation sites is 1. The molecule has 0 bridgehead atoms. The first-order valence-electron chi connectivity index (χ1n) is 10.00. The van der Waals surface area contributed by atoms with Crippen LogP contribution in [0.1, 0.15) is 18.7 Å². The van der Waals surface area contributed by atoms with Gasteiger partial charge in [-0.1, -0.05) is 35.5 Å². The molecule has 1 fully saturated rings. The number of benzene rings is 2. The molecule has 0 spiro atoms. The van der Waals surface area contributed by atoms with E-state index in [2.05, 4.69) is 10.2 Å². The van der Waals surface area contributed by atoms with Crippen LogP contribution in [0.15, 0.2) is 62.9 Å². The molecule has 3 heterocycles. The van der Waals surface area contributed by atoms with Crippen molar-refractivity contribution in [2.45, 2.75) is 36.4 Å². The van der Waals surface area contributed by atoms with Crippen LogP contribution in [0.4, 0.5) is 0 Å². The molecule has 1 atom stereocenters. The number of nitrogens with zero attached hydrogens (tertiary/aromatic N) is 4. The lowest BCUT2D eigenvalue weighted by Gasteiger charge is -2.16. The van der Waals surface area contributed by atoms with Gasteiger partial charge in [0.15, 0.2) is 5.16 Å². The van der Waals surface area contributed by atoms with Crippen molar-refractivity contribution in [3.05, 3.63) is 69.8 Å². The van der Waals surface area contributed by atoms with Crippen LogP contribution in [0.5, 0.6) is 0 Å². The van der Waals surface area contributed by atoms with Gasteiger partial charge in [-0.2, -0.15) is 0 Å². The average molecular weight is 455 g/mol. The van der Waals surface area contributed by atoms with E-state index in [1.165, 1.54) is 11.8 Å². The molecule has 0 amide bonds. The molecule has 0 aliphatic carbocycles. The Balaban J connectivity index is 1.41. The Morgan fingerprint density at radius 2 is 1.97 bits per heavy atom. The molecule has 1 aliphatic rings. The van der Waals surface area contributed by atoms with Gasteiger partial charge in [-0.05, 0) is 49.2 Å². The van der Waals surface area contributed by atoms with Gasteiger partial charge in [0, 0.05) is 17.2 Å². The van der Waals surface area contributed by atoms with Gasteiger partial charge in [-0.25, -0.2) is 4.98 Å². The fourth-order valence-electron chi connectivity index (χ4n) is 3.56. The van der Waals surface area contributed by atoms with Gasteiger partial charge >= 0.3 is 0 Å². The van der Waals surface area contributed by atoms with E-state index in [-0.39, 0.29) is 11.7 Å². The van der Waals surface area contributed by atoms with Crippen LogP contribution >= 0.6 is 23.4 Å². The van der Waals surface area contributed by atoms with Gasteiger partial charge in [0.25, 0.3) is 5.56 Å². The molecule has 5 rings (SSSR count). The highest BCUT2D eigenvalue weighted by Gasteiger charge is 2.21. The van der Waals surface area contributed by atoms with E-state index in [0.29, 0.717) is 45.2 Å². The third kappa shape index (κ3) is 4.37. The Hall–Kier alpha value is -2.68. The molecule has 0 saturated carbocycles. The van der Waals surface area contributed by atoms with Crippen LogP contribution in [0.3, 0.4) is 0 Å². The van der Waals surface area contributed by atoms with Crippen LogP contribution in [0.2, 0.25) is 5.02 Å². The minimum absolute atomic E-state index is 0.0277. The van der Waals surface area contributed by atoms with E-state index in [9.17, 15) is 4.79 Å². The van der Waals surface area contributed by atoms with Crippen molar-refractivity contribution < 1.29 is 9.15 Å². The van der Waals surface area contributed by atoms with Crippen LogP contribution in [-0.4, -0.2) is 32.5 Å². The molecule has 7 nitrogen and oxygen atoms in total. The number of ether oxygens (including phenoxy) is 1. The summed E-state index contributed by atoms with van der Waals surface area (Å²) in [5.41, 5.74) is 1.41. The Morgan fingerprint density at radius 3 is 2.77 bits per heavy atom. The highest BCUT2D eigenvalue weighted by molar-refractivity contribution is 7.98.